The molecule has 54 valence electrons. The molecule has 0 aromatic rings. The van der Waals surface area contributed by atoms with Gasteiger partial charge in [-0.3, -0.25) is 0 Å². The normalized spacial score (nSPS) is 32.7. The molecule has 9 heavy (non-hydrogen) atoms. The topological polar surface area (TPSA) is 21.8 Å². The molecular weight excluding hydrogens is 116 g/mol. The van der Waals surface area contributed by atoms with Crippen LogP contribution in [0.2, 0.25) is 0 Å². The Morgan fingerprint density at radius 2 is 2.33 bits per heavy atom. The minimum Gasteiger partial charge on any atom is -0.378 e. The molecule has 1 aliphatic rings. The average molecular weight is 130 g/mol. The van der Waals surface area contributed by atoms with E-state index < -0.39 is 0 Å². The highest BCUT2D eigenvalue weighted by molar-refractivity contribution is 4.86. The molecule has 0 N–H and O–H groups in total. The zero-order valence-electron chi connectivity index (χ0n) is 6.14. The van der Waals surface area contributed by atoms with Crippen molar-refractivity contribution >= 4 is 0 Å². The van der Waals surface area contributed by atoms with Gasteiger partial charge in [0.2, 0.25) is 0 Å². The van der Waals surface area contributed by atoms with Crippen LogP contribution >= 0.6 is 0 Å². The maximum absolute atomic E-state index is 5.28. The highest BCUT2D eigenvalue weighted by Crippen LogP contribution is 2.25. The summed E-state index contributed by atoms with van der Waals surface area (Å²) < 4.78 is 10.4. The number of hydrogen-bond acceptors (Lipinski definition) is 2. The lowest BCUT2D eigenvalue weighted by molar-refractivity contribution is 0.0858. The van der Waals surface area contributed by atoms with Gasteiger partial charge in [0, 0.05) is 6.61 Å². The number of hydrogen-bond donors (Lipinski definition) is 0. The Morgan fingerprint density at radius 1 is 1.67 bits per heavy atom. The summed E-state index contributed by atoms with van der Waals surface area (Å²) in [6.45, 7) is 6.68. The van der Waals surface area contributed by atoms with Crippen molar-refractivity contribution in [1.29, 1.82) is 0 Å². The summed E-state index contributed by atoms with van der Waals surface area (Å²) in [6.07, 6.45) is 1.09. The second-order valence-electron chi connectivity index (χ2n) is 2.79. The van der Waals surface area contributed by atoms with E-state index in [9.17, 15) is 0 Å². The number of ether oxygens (including phenoxy) is 2. The van der Waals surface area contributed by atoms with Crippen LogP contribution in [0.1, 0.15) is 20.3 Å². The minimum atomic E-state index is 0.0785. The SMILES string of the molecule is CCCOC[C@]1(C)CO1. The summed E-state index contributed by atoms with van der Waals surface area (Å²) in [4.78, 5) is 0. The highest BCUT2D eigenvalue weighted by atomic mass is 16.6. The van der Waals surface area contributed by atoms with E-state index in [2.05, 4.69) is 13.8 Å². The van der Waals surface area contributed by atoms with E-state index in [4.69, 9.17) is 9.47 Å². The molecule has 0 bridgehead atoms. The predicted molar refractivity (Wildman–Crippen MR) is 35.5 cm³/mol. The Labute approximate surface area is 56.2 Å². The molecule has 0 spiro atoms. The van der Waals surface area contributed by atoms with Crippen LogP contribution < -0.4 is 0 Å². The van der Waals surface area contributed by atoms with Gasteiger partial charge < -0.3 is 9.47 Å². The first kappa shape index (κ1) is 7.03. The quantitative estimate of drug-likeness (QED) is 0.421. The summed E-state index contributed by atoms with van der Waals surface area (Å²) in [5.41, 5.74) is 0.0785. The molecular formula is C7H14O2. The van der Waals surface area contributed by atoms with Crippen LogP contribution in [-0.4, -0.2) is 25.4 Å². The molecule has 0 aromatic heterocycles. The molecule has 0 aromatic carbocycles. The molecule has 1 heterocycles. The highest BCUT2D eigenvalue weighted by Gasteiger charge is 2.39. The van der Waals surface area contributed by atoms with Gasteiger partial charge in [-0.25, -0.2) is 0 Å². The van der Waals surface area contributed by atoms with Crippen molar-refractivity contribution in [3.8, 4) is 0 Å². The van der Waals surface area contributed by atoms with Gasteiger partial charge in [-0.2, -0.15) is 0 Å². The summed E-state index contributed by atoms with van der Waals surface area (Å²) >= 11 is 0. The maximum atomic E-state index is 5.28. The lowest BCUT2D eigenvalue weighted by atomic mass is 10.2. The fourth-order valence-electron chi connectivity index (χ4n) is 0.639. The fraction of sp³-hybridized carbons (Fsp3) is 1.00. The molecule has 1 saturated heterocycles. The summed E-state index contributed by atoms with van der Waals surface area (Å²) in [5.74, 6) is 0. The third-order valence-electron chi connectivity index (χ3n) is 1.39. The van der Waals surface area contributed by atoms with Crippen LogP contribution in [0.5, 0.6) is 0 Å². The molecule has 2 heteroatoms. The zero-order chi connectivity index (χ0) is 6.74. The van der Waals surface area contributed by atoms with E-state index in [-0.39, 0.29) is 5.60 Å². The standard InChI is InChI=1S/C7H14O2/c1-3-4-8-5-7(2)6-9-7/h3-6H2,1-2H3/t7-/m1/s1. The van der Waals surface area contributed by atoms with Crippen molar-refractivity contribution in [2.75, 3.05) is 19.8 Å². The fourth-order valence-corrected chi connectivity index (χ4v) is 0.639. The van der Waals surface area contributed by atoms with Crippen LogP contribution in [0.3, 0.4) is 0 Å². The van der Waals surface area contributed by atoms with Gasteiger partial charge in [0.15, 0.2) is 0 Å². The van der Waals surface area contributed by atoms with Gasteiger partial charge in [0.1, 0.15) is 5.60 Å². The van der Waals surface area contributed by atoms with Crippen molar-refractivity contribution in [2.24, 2.45) is 0 Å². The third kappa shape index (κ3) is 2.33. The summed E-state index contributed by atoms with van der Waals surface area (Å²) in [6, 6.07) is 0. The van der Waals surface area contributed by atoms with E-state index >= 15 is 0 Å². The molecule has 1 aliphatic heterocycles. The third-order valence-corrected chi connectivity index (χ3v) is 1.39. The second kappa shape index (κ2) is 2.67. The van der Waals surface area contributed by atoms with Gasteiger partial charge in [0.05, 0.1) is 13.2 Å². The molecule has 0 unspecified atom stereocenters. The lowest BCUT2D eigenvalue weighted by Crippen LogP contribution is -2.14. The van der Waals surface area contributed by atoms with Crippen molar-refractivity contribution in [3.05, 3.63) is 0 Å². The van der Waals surface area contributed by atoms with Gasteiger partial charge in [-0.05, 0) is 13.3 Å². The van der Waals surface area contributed by atoms with Gasteiger partial charge in [-0.1, -0.05) is 6.92 Å². The Morgan fingerprint density at radius 3 is 2.78 bits per heavy atom. The molecule has 0 aliphatic carbocycles. The maximum Gasteiger partial charge on any atom is 0.112 e. The van der Waals surface area contributed by atoms with E-state index in [0.29, 0.717) is 0 Å². The van der Waals surface area contributed by atoms with Crippen LogP contribution in [0.25, 0.3) is 0 Å². The zero-order valence-corrected chi connectivity index (χ0v) is 6.14. The number of epoxide rings is 1. The minimum absolute atomic E-state index is 0.0785. The van der Waals surface area contributed by atoms with Gasteiger partial charge >= 0.3 is 0 Å². The molecule has 2 nitrogen and oxygen atoms in total. The predicted octanol–water partition coefficient (Wildman–Crippen LogP) is 1.20. The van der Waals surface area contributed by atoms with E-state index in [0.717, 1.165) is 26.2 Å². The first-order valence-corrected chi connectivity index (χ1v) is 3.48. The summed E-state index contributed by atoms with van der Waals surface area (Å²) in [5, 5.41) is 0. The van der Waals surface area contributed by atoms with Crippen LogP contribution in [-0.2, 0) is 9.47 Å². The van der Waals surface area contributed by atoms with Crippen molar-refractivity contribution in [1.82, 2.24) is 0 Å². The molecule has 1 fully saturated rings. The molecule has 1 atom stereocenters. The Hall–Kier alpha value is -0.0800. The first-order chi connectivity index (χ1) is 4.27. The second-order valence-corrected chi connectivity index (χ2v) is 2.79. The first-order valence-electron chi connectivity index (χ1n) is 3.48. The molecule has 0 amide bonds. The number of rotatable bonds is 4. The van der Waals surface area contributed by atoms with E-state index in [1.54, 1.807) is 0 Å². The molecule has 1 rings (SSSR count). The van der Waals surface area contributed by atoms with Crippen LogP contribution in [0.15, 0.2) is 0 Å². The molecule has 0 radical (unpaired) electrons. The van der Waals surface area contributed by atoms with Gasteiger partial charge in [0.25, 0.3) is 0 Å². The van der Waals surface area contributed by atoms with Gasteiger partial charge in [-0.15, -0.1) is 0 Å². The Balaban J connectivity index is 1.92. The van der Waals surface area contributed by atoms with Crippen LogP contribution in [0.4, 0.5) is 0 Å². The lowest BCUT2D eigenvalue weighted by Gasteiger charge is -2.03. The Bertz CT molecular complexity index is 86.9. The van der Waals surface area contributed by atoms with Crippen molar-refractivity contribution in [3.63, 3.8) is 0 Å². The van der Waals surface area contributed by atoms with Crippen molar-refractivity contribution in [2.45, 2.75) is 25.9 Å². The average Bonchev–Trinajstić information content (AvgIpc) is 2.50. The molecule has 0 saturated carbocycles. The largest absolute Gasteiger partial charge is 0.378 e. The van der Waals surface area contributed by atoms with Crippen LogP contribution in [0, 0.1) is 0 Å². The Kier molecular flexibility index (Phi) is 2.09. The summed E-state index contributed by atoms with van der Waals surface area (Å²) in [7, 11) is 0. The van der Waals surface area contributed by atoms with E-state index in [1.807, 2.05) is 0 Å². The monoisotopic (exact) mass is 130 g/mol. The smallest absolute Gasteiger partial charge is 0.112 e. The van der Waals surface area contributed by atoms with E-state index in [1.165, 1.54) is 0 Å². The van der Waals surface area contributed by atoms with Crippen molar-refractivity contribution < 1.29 is 9.47 Å².